The summed E-state index contributed by atoms with van der Waals surface area (Å²) in [6.45, 7) is 0. The van der Waals surface area contributed by atoms with E-state index in [0.717, 1.165) is 10.9 Å². The molecule has 29 heavy (non-hydrogen) atoms. The number of aromatic nitrogens is 2. The van der Waals surface area contributed by atoms with Crippen molar-refractivity contribution in [1.29, 1.82) is 0 Å². The average Bonchev–Trinajstić information content (AvgIpc) is 3.14. The highest BCUT2D eigenvalue weighted by Gasteiger charge is 2.27. The molecule has 1 unspecified atom stereocenters. The average molecular weight is 473 g/mol. The summed E-state index contributed by atoms with van der Waals surface area (Å²) in [6, 6.07) is 8.41. The second-order valence-corrected chi connectivity index (χ2v) is 9.70. The Hall–Kier alpha value is -1.78. The number of nitrogens with one attached hydrogen (secondary N) is 3. The molecule has 0 fully saturated rings. The molecule has 0 radical (unpaired) electrons. The van der Waals surface area contributed by atoms with E-state index in [9.17, 15) is 13.2 Å². The fourth-order valence-electron chi connectivity index (χ4n) is 2.66. The van der Waals surface area contributed by atoms with Crippen molar-refractivity contribution in [2.75, 3.05) is 17.3 Å². The van der Waals surface area contributed by atoms with Crippen molar-refractivity contribution in [2.45, 2.75) is 17.4 Å². The summed E-state index contributed by atoms with van der Waals surface area (Å²) in [5, 5.41) is 10.6. The molecular weight excluding hydrogens is 455 g/mol. The zero-order valence-electron chi connectivity index (χ0n) is 15.3. The molecule has 0 aliphatic carbocycles. The Labute approximate surface area is 182 Å². The van der Waals surface area contributed by atoms with Gasteiger partial charge in [0.1, 0.15) is 10.9 Å². The summed E-state index contributed by atoms with van der Waals surface area (Å²) in [4.78, 5) is 12.7. The molecule has 154 valence electrons. The highest BCUT2D eigenvalue weighted by molar-refractivity contribution is 7.98. The first kappa shape index (κ1) is 21.9. The predicted octanol–water partition coefficient (Wildman–Crippen LogP) is 3.91. The molecule has 0 aliphatic heterocycles. The van der Waals surface area contributed by atoms with Crippen LogP contribution in [0.3, 0.4) is 0 Å². The van der Waals surface area contributed by atoms with E-state index in [1.807, 2.05) is 6.26 Å². The number of aromatic amines is 1. The van der Waals surface area contributed by atoms with Crippen LogP contribution in [-0.4, -0.2) is 42.6 Å². The second-order valence-electron chi connectivity index (χ2n) is 6.19. The van der Waals surface area contributed by atoms with Crippen LogP contribution in [0.15, 0.2) is 47.5 Å². The molecule has 3 N–H and O–H groups in total. The van der Waals surface area contributed by atoms with Gasteiger partial charge in [0, 0.05) is 16.1 Å². The molecule has 2 aromatic carbocycles. The van der Waals surface area contributed by atoms with Gasteiger partial charge in [-0.3, -0.25) is 9.89 Å². The molecule has 0 saturated heterocycles. The maximum absolute atomic E-state index is 12.8. The lowest BCUT2D eigenvalue weighted by molar-refractivity contribution is -0.117. The van der Waals surface area contributed by atoms with Crippen LogP contribution >= 0.6 is 35.0 Å². The third-order valence-electron chi connectivity index (χ3n) is 4.12. The van der Waals surface area contributed by atoms with Crippen LogP contribution in [0, 0.1) is 0 Å². The first-order valence-electron chi connectivity index (χ1n) is 8.50. The largest absolute Gasteiger partial charge is 0.325 e. The van der Waals surface area contributed by atoms with Crippen molar-refractivity contribution in [3.8, 4) is 0 Å². The number of amides is 1. The molecule has 7 nitrogen and oxygen atoms in total. The zero-order valence-corrected chi connectivity index (χ0v) is 18.4. The number of benzene rings is 2. The van der Waals surface area contributed by atoms with Crippen LogP contribution in [0.2, 0.25) is 10.0 Å². The predicted molar refractivity (Wildman–Crippen MR) is 118 cm³/mol. The lowest BCUT2D eigenvalue weighted by Gasteiger charge is -2.19. The number of halogens is 2. The van der Waals surface area contributed by atoms with Gasteiger partial charge in [0.05, 0.1) is 16.7 Å². The van der Waals surface area contributed by atoms with Gasteiger partial charge in [-0.05, 0) is 54.8 Å². The molecule has 1 atom stereocenters. The minimum absolute atomic E-state index is 0.0244. The number of sulfonamides is 1. The van der Waals surface area contributed by atoms with Gasteiger partial charge in [-0.2, -0.15) is 21.6 Å². The van der Waals surface area contributed by atoms with Crippen molar-refractivity contribution in [2.24, 2.45) is 0 Å². The summed E-state index contributed by atoms with van der Waals surface area (Å²) in [7, 11) is -4.06. The molecule has 1 heterocycles. The lowest BCUT2D eigenvalue weighted by atomic mass is 10.2. The quantitative estimate of drug-likeness (QED) is 0.460. The summed E-state index contributed by atoms with van der Waals surface area (Å²) in [5.41, 5.74) is 1.37. The maximum atomic E-state index is 12.8. The molecule has 3 aromatic rings. The lowest BCUT2D eigenvalue weighted by Crippen LogP contribution is -2.44. The van der Waals surface area contributed by atoms with E-state index in [1.54, 1.807) is 24.4 Å². The number of rotatable bonds is 8. The summed E-state index contributed by atoms with van der Waals surface area (Å²) in [6.07, 6.45) is 3.82. The molecule has 1 aromatic heterocycles. The normalized spacial score (nSPS) is 12.8. The van der Waals surface area contributed by atoms with Gasteiger partial charge in [-0.15, -0.1) is 0 Å². The number of fused-ring (bicyclic) bond motifs is 1. The topological polar surface area (TPSA) is 104 Å². The van der Waals surface area contributed by atoms with Gasteiger partial charge in [0.15, 0.2) is 0 Å². The van der Waals surface area contributed by atoms with Crippen molar-refractivity contribution < 1.29 is 13.2 Å². The van der Waals surface area contributed by atoms with Crippen molar-refractivity contribution in [3.63, 3.8) is 0 Å². The smallest absolute Gasteiger partial charge is 0.242 e. The number of nitrogens with zero attached hydrogens (tertiary/aromatic N) is 1. The Balaban J connectivity index is 1.82. The van der Waals surface area contributed by atoms with Gasteiger partial charge in [-0.1, -0.05) is 23.2 Å². The van der Waals surface area contributed by atoms with Crippen molar-refractivity contribution in [3.05, 3.63) is 52.6 Å². The van der Waals surface area contributed by atoms with E-state index in [-0.39, 0.29) is 14.9 Å². The van der Waals surface area contributed by atoms with Crippen molar-refractivity contribution in [1.82, 2.24) is 14.9 Å². The number of carbonyl (C=O) groups excluding carboxylic acids is 1. The number of carbonyl (C=O) groups is 1. The minimum Gasteiger partial charge on any atom is -0.325 e. The van der Waals surface area contributed by atoms with Gasteiger partial charge in [-0.25, -0.2) is 8.42 Å². The molecule has 0 spiro atoms. The number of hydrogen-bond acceptors (Lipinski definition) is 5. The van der Waals surface area contributed by atoms with E-state index < -0.39 is 22.0 Å². The monoisotopic (exact) mass is 472 g/mol. The van der Waals surface area contributed by atoms with Gasteiger partial charge < -0.3 is 5.32 Å². The van der Waals surface area contributed by atoms with Gasteiger partial charge in [0.2, 0.25) is 15.9 Å². The summed E-state index contributed by atoms with van der Waals surface area (Å²) in [5.74, 6) is 0.119. The Morgan fingerprint density at radius 1 is 1.24 bits per heavy atom. The van der Waals surface area contributed by atoms with E-state index in [2.05, 4.69) is 20.2 Å². The van der Waals surface area contributed by atoms with Crippen LogP contribution in [0.1, 0.15) is 6.42 Å². The van der Waals surface area contributed by atoms with Crippen LogP contribution < -0.4 is 10.0 Å². The molecule has 0 bridgehead atoms. The Morgan fingerprint density at radius 2 is 2.03 bits per heavy atom. The van der Waals surface area contributed by atoms with E-state index in [0.29, 0.717) is 17.9 Å². The SMILES string of the molecule is CSCCC(NS(=O)(=O)c1cc(Cl)ccc1Cl)C(=O)Nc1ccc2[nH]ncc2c1. The third-order valence-corrected chi connectivity index (χ3v) is 6.95. The highest BCUT2D eigenvalue weighted by Crippen LogP contribution is 2.25. The van der Waals surface area contributed by atoms with E-state index in [4.69, 9.17) is 23.2 Å². The molecule has 0 saturated carbocycles. The fraction of sp³-hybridized carbons (Fsp3) is 0.222. The van der Waals surface area contributed by atoms with Gasteiger partial charge >= 0.3 is 0 Å². The van der Waals surface area contributed by atoms with Crippen LogP contribution in [0.4, 0.5) is 5.69 Å². The van der Waals surface area contributed by atoms with Crippen LogP contribution in [0.5, 0.6) is 0 Å². The molecule has 11 heteroatoms. The Kier molecular flexibility index (Phi) is 7.07. The molecule has 1 amide bonds. The third kappa shape index (κ3) is 5.43. The van der Waals surface area contributed by atoms with Gasteiger partial charge in [0.25, 0.3) is 0 Å². The molecule has 3 rings (SSSR count). The number of thioether (sulfide) groups is 1. The van der Waals surface area contributed by atoms with Crippen LogP contribution in [0.25, 0.3) is 10.9 Å². The number of anilines is 1. The minimum atomic E-state index is -4.06. The van der Waals surface area contributed by atoms with E-state index >= 15 is 0 Å². The number of hydrogen-bond donors (Lipinski definition) is 3. The molecule has 0 aliphatic rings. The standard InChI is InChI=1S/C18H18Cl2N4O3S2/c1-28-7-6-16(24-29(26,27)17-9-12(19)2-4-14(17)20)18(25)22-13-3-5-15-11(8-13)10-21-23-15/h2-5,8-10,16,24H,6-7H2,1H3,(H,21,23)(H,22,25). The van der Waals surface area contributed by atoms with Crippen LogP contribution in [-0.2, 0) is 14.8 Å². The Morgan fingerprint density at radius 3 is 2.79 bits per heavy atom. The first-order valence-corrected chi connectivity index (χ1v) is 12.1. The highest BCUT2D eigenvalue weighted by atomic mass is 35.5. The summed E-state index contributed by atoms with van der Waals surface area (Å²) >= 11 is 13.5. The fourth-order valence-corrected chi connectivity index (χ4v) is 5.13. The van der Waals surface area contributed by atoms with E-state index in [1.165, 1.54) is 30.0 Å². The summed E-state index contributed by atoms with van der Waals surface area (Å²) < 4.78 is 28.1. The zero-order chi connectivity index (χ0) is 21.0. The second kappa shape index (κ2) is 9.36. The maximum Gasteiger partial charge on any atom is 0.242 e. The number of H-pyrrole nitrogens is 1. The Bertz CT molecular complexity index is 1140. The first-order chi connectivity index (χ1) is 13.8. The molecular formula is C18H18Cl2N4O3S2. The van der Waals surface area contributed by atoms with Crippen molar-refractivity contribution >= 4 is 67.5 Å².